The van der Waals surface area contributed by atoms with Gasteiger partial charge in [0.2, 0.25) is 11.8 Å². The summed E-state index contributed by atoms with van der Waals surface area (Å²) in [7, 11) is 1.33. The third-order valence-corrected chi connectivity index (χ3v) is 6.51. The number of Topliss-reactive ketones (excluding diaryl/α,β-unsaturated/α-hetero) is 1. The molecule has 0 unspecified atom stereocenters. The number of carbonyl (C=O) groups is 4. The van der Waals surface area contributed by atoms with E-state index in [0.717, 1.165) is 42.8 Å². The number of aromatic nitrogens is 1. The number of ketones is 1. The average molecular weight is 422 g/mol. The molecule has 162 valence electrons. The Labute approximate surface area is 181 Å². The van der Waals surface area contributed by atoms with Gasteiger partial charge >= 0.3 is 5.97 Å². The second kappa shape index (κ2) is 8.13. The van der Waals surface area contributed by atoms with Crippen LogP contribution < -0.4 is 0 Å². The van der Waals surface area contributed by atoms with Crippen LogP contribution in [0, 0.1) is 25.7 Å². The highest BCUT2D eigenvalue weighted by Crippen LogP contribution is 2.38. The van der Waals surface area contributed by atoms with Crippen molar-refractivity contribution in [2.45, 2.75) is 39.5 Å². The molecule has 2 aromatic rings. The first kappa shape index (κ1) is 21.0. The summed E-state index contributed by atoms with van der Waals surface area (Å²) >= 11 is 0. The lowest BCUT2D eigenvalue weighted by Gasteiger charge is -2.19. The molecule has 1 saturated heterocycles. The van der Waals surface area contributed by atoms with E-state index < -0.39 is 5.97 Å². The van der Waals surface area contributed by atoms with Crippen molar-refractivity contribution >= 4 is 23.6 Å². The molecule has 7 heteroatoms. The van der Waals surface area contributed by atoms with Crippen LogP contribution in [-0.2, 0) is 14.3 Å². The number of fused-ring (bicyclic) bond motifs is 1. The topological polar surface area (TPSA) is 85.7 Å². The monoisotopic (exact) mass is 422 g/mol. The molecule has 1 aliphatic heterocycles. The summed E-state index contributed by atoms with van der Waals surface area (Å²) in [6.45, 7) is 3.51. The smallest absolute Gasteiger partial charge is 0.337 e. The van der Waals surface area contributed by atoms with Crippen molar-refractivity contribution in [2.75, 3.05) is 13.7 Å². The lowest BCUT2D eigenvalue weighted by molar-refractivity contribution is -0.139. The van der Waals surface area contributed by atoms with E-state index in [4.69, 9.17) is 4.74 Å². The third-order valence-electron chi connectivity index (χ3n) is 6.51. The van der Waals surface area contributed by atoms with Gasteiger partial charge in [-0.15, -0.1) is 0 Å². The number of nitrogens with zero attached hydrogens (tertiary/aromatic N) is 2. The Balaban J connectivity index is 1.57. The van der Waals surface area contributed by atoms with Crippen LogP contribution in [0.4, 0.5) is 0 Å². The van der Waals surface area contributed by atoms with Crippen molar-refractivity contribution in [3.8, 4) is 5.69 Å². The van der Waals surface area contributed by atoms with E-state index in [-0.39, 0.29) is 36.0 Å². The maximum absolute atomic E-state index is 13.1. The molecular weight excluding hydrogens is 396 g/mol. The Kier molecular flexibility index (Phi) is 5.52. The Morgan fingerprint density at radius 1 is 1.00 bits per heavy atom. The van der Waals surface area contributed by atoms with Crippen LogP contribution in [0.5, 0.6) is 0 Å². The summed E-state index contributed by atoms with van der Waals surface area (Å²) in [5.74, 6) is -1.56. The molecule has 0 bridgehead atoms. The van der Waals surface area contributed by atoms with Gasteiger partial charge in [-0.05, 0) is 57.0 Å². The van der Waals surface area contributed by atoms with Gasteiger partial charge < -0.3 is 9.30 Å². The van der Waals surface area contributed by atoms with E-state index in [0.29, 0.717) is 11.1 Å². The molecule has 1 aliphatic carbocycles. The number of carbonyl (C=O) groups excluding carboxylic acids is 4. The standard InChI is InChI=1S/C24H26N2O5/c1-14-12-20(15(2)26(14)17-10-8-16(9-11-17)24(30)31-3)21(27)13-25-22(28)18-6-4-5-7-19(18)23(25)29/h8-12,18-19H,4-7,13H2,1-3H3/t18-,19-/m0/s1. The molecule has 7 nitrogen and oxygen atoms in total. The van der Waals surface area contributed by atoms with Gasteiger partial charge in [0.25, 0.3) is 0 Å². The van der Waals surface area contributed by atoms with E-state index in [1.54, 1.807) is 30.3 Å². The maximum Gasteiger partial charge on any atom is 0.337 e. The van der Waals surface area contributed by atoms with Crippen molar-refractivity contribution in [2.24, 2.45) is 11.8 Å². The lowest BCUT2D eigenvalue weighted by atomic mass is 9.81. The number of hydrogen-bond acceptors (Lipinski definition) is 5. The number of hydrogen-bond donors (Lipinski definition) is 0. The van der Waals surface area contributed by atoms with Crippen LogP contribution in [0.25, 0.3) is 5.69 Å². The fourth-order valence-electron chi connectivity index (χ4n) is 4.92. The average Bonchev–Trinajstić information content (AvgIpc) is 3.21. The van der Waals surface area contributed by atoms with E-state index in [2.05, 4.69) is 0 Å². The van der Waals surface area contributed by atoms with Crippen LogP contribution in [0.1, 0.15) is 57.8 Å². The highest BCUT2D eigenvalue weighted by atomic mass is 16.5. The Bertz CT molecular complexity index is 1040. The first-order valence-electron chi connectivity index (χ1n) is 10.6. The zero-order chi connectivity index (χ0) is 22.3. The van der Waals surface area contributed by atoms with Gasteiger partial charge in [-0.1, -0.05) is 12.8 Å². The number of aryl methyl sites for hydroxylation is 1. The molecular formula is C24H26N2O5. The Morgan fingerprint density at radius 3 is 2.13 bits per heavy atom. The van der Waals surface area contributed by atoms with E-state index in [9.17, 15) is 19.2 Å². The number of benzene rings is 1. The van der Waals surface area contributed by atoms with Crippen LogP contribution in [0.3, 0.4) is 0 Å². The van der Waals surface area contributed by atoms with Crippen LogP contribution >= 0.6 is 0 Å². The molecule has 0 radical (unpaired) electrons. The molecule has 2 heterocycles. The molecule has 4 rings (SSSR count). The van der Waals surface area contributed by atoms with E-state index in [1.165, 1.54) is 12.0 Å². The summed E-state index contributed by atoms with van der Waals surface area (Å²) in [6.07, 6.45) is 3.38. The van der Waals surface area contributed by atoms with Crippen molar-refractivity contribution in [3.63, 3.8) is 0 Å². The molecule has 2 aliphatic rings. The first-order valence-corrected chi connectivity index (χ1v) is 10.6. The number of rotatable bonds is 5. The Hall–Kier alpha value is -3.22. The zero-order valence-electron chi connectivity index (χ0n) is 18.0. The van der Waals surface area contributed by atoms with Gasteiger partial charge in [0.05, 0.1) is 31.1 Å². The number of esters is 1. The van der Waals surface area contributed by atoms with Gasteiger partial charge in [0.1, 0.15) is 0 Å². The second-order valence-electron chi connectivity index (χ2n) is 8.34. The largest absolute Gasteiger partial charge is 0.465 e. The predicted molar refractivity (Wildman–Crippen MR) is 113 cm³/mol. The highest BCUT2D eigenvalue weighted by Gasteiger charge is 2.48. The summed E-state index contributed by atoms with van der Waals surface area (Å²) in [6, 6.07) is 8.71. The second-order valence-corrected chi connectivity index (χ2v) is 8.34. The summed E-state index contributed by atoms with van der Waals surface area (Å²) in [4.78, 5) is 51.3. The molecule has 31 heavy (non-hydrogen) atoms. The van der Waals surface area contributed by atoms with E-state index in [1.807, 2.05) is 18.4 Å². The molecule has 2 atom stereocenters. The number of methoxy groups -OCH3 is 1. The van der Waals surface area contributed by atoms with Gasteiger partial charge in [0, 0.05) is 22.6 Å². The van der Waals surface area contributed by atoms with Crippen LogP contribution in [-0.4, -0.2) is 46.7 Å². The van der Waals surface area contributed by atoms with Gasteiger partial charge in [-0.2, -0.15) is 0 Å². The fraction of sp³-hybridized carbons (Fsp3) is 0.417. The molecule has 2 fully saturated rings. The minimum absolute atomic E-state index is 0.199. The normalized spacial score (nSPS) is 20.7. The van der Waals surface area contributed by atoms with Crippen molar-refractivity contribution in [3.05, 3.63) is 52.8 Å². The first-order chi connectivity index (χ1) is 14.8. The minimum Gasteiger partial charge on any atom is -0.465 e. The molecule has 1 aromatic carbocycles. The number of amides is 2. The number of likely N-dealkylation sites (tertiary alicyclic amines) is 1. The summed E-state index contributed by atoms with van der Waals surface area (Å²) in [5.41, 5.74) is 3.31. The number of imide groups is 1. The zero-order valence-corrected chi connectivity index (χ0v) is 18.0. The third kappa shape index (κ3) is 3.58. The van der Waals surface area contributed by atoms with Crippen LogP contribution in [0.2, 0.25) is 0 Å². The fourth-order valence-corrected chi connectivity index (χ4v) is 4.92. The molecule has 0 spiro atoms. The van der Waals surface area contributed by atoms with E-state index >= 15 is 0 Å². The van der Waals surface area contributed by atoms with Gasteiger partial charge in [-0.25, -0.2) is 4.79 Å². The number of ether oxygens (including phenoxy) is 1. The molecule has 0 N–H and O–H groups in total. The highest BCUT2D eigenvalue weighted by molar-refractivity contribution is 6.10. The minimum atomic E-state index is -0.413. The summed E-state index contributed by atoms with van der Waals surface area (Å²) in [5, 5.41) is 0. The maximum atomic E-state index is 13.1. The molecule has 1 aromatic heterocycles. The van der Waals surface area contributed by atoms with Gasteiger partial charge in [-0.3, -0.25) is 19.3 Å². The predicted octanol–water partition coefficient (Wildman–Crippen LogP) is 3.24. The SMILES string of the molecule is COC(=O)c1ccc(-n2c(C)cc(C(=O)CN3C(=O)[C@H]4CCCC[C@@H]4C3=O)c2C)cc1. The van der Waals surface area contributed by atoms with Crippen LogP contribution in [0.15, 0.2) is 30.3 Å². The van der Waals surface area contributed by atoms with Crippen molar-refractivity contribution in [1.82, 2.24) is 9.47 Å². The quantitative estimate of drug-likeness (QED) is 0.420. The lowest BCUT2D eigenvalue weighted by Crippen LogP contribution is -2.36. The molecule has 2 amide bonds. The Morgan fingerprint density at radius 2 is 1.58 bits per heavy atom. The molecule has 1 saturated carbocycles. The van der Waals surface area contributed by atoms with Crippen molar-refractivity contribution in [1.29, 1.82) is 0 Å². The summed E-state index contributed by atoms with van der Waals surface area (Å²) < 4.78 is 6.65. The van der Waals surface area contributed by atoms with Gasteiger partial charge in [0.15, 0.2) is 5.78 Å². The van der Waals surface area contributed by atoms with Crippen molar-refractivity contribution < 1.29 is 23.9 Å².